The Kier molecular flexibility index (Phi) is 2.67. The monoisotopic (exact) mass is 302 g/mol. The molecule has 2 heteroatoms. The highest BCUT2D eigenvalue weighted by molar-refractivity contribution is 5.26. The molecule has 5 fully saturated rings. The van der Waals surface area contributed by atoms with Gasteiger partial charge in [-0.1, -0.05) is 33.6 Å². The molecule has 2 heterocycles. The Balaban J connectivity index is 1.58. The number of hydrogen-bond donors (Lipinski definition) is 1. The minimum absolute atomic E-state index is 0.0953. The zero-order valence-corrected chi connectivity index (χ0v) is 14.9. The molecule has 0 amide bonds. The van der Waals surface area contributed by atoms with Gasteiger partial charge in [0.15, 0.2) is 0 Å². The van der Waals surface area contributed by atoms with E-state index in [1.54, 1.807) is 0 Å². The molecule has 0 spiro atoms. The van der Waals surface area contributed by atoms with Crippen LogP contribution in [-0.2, 0) is 0 Å². The lowest BCUT2D eigenvalue weighted by Crippen LogP contribution is -2.56. The molecule has 0 radical (unpaired) electrons. The maximum Gasteiger partial charge on any atom is 0.0176 e. The van der Waals surface area contributed by atoms with Crippen molar-refractivity contribution in [3.8, 4) is 0 Å². The van der Waals surface area contributed by atoms with E-state index in [2.05, 4.69) is 32.6 Å². The van der Waals surface area contributed by atoms with Crippen LogP contribution in [0.25, 0.3) is 0 Å². The van der Waals surface area contributed by atoms with E-state index in [1.807, 2.05) is 0 Å². The third-order valence-electron chi connectivity index (χ3n) is 9.27. The minimum Gasteiger partial charge on any atom is -0.325 e. The molecule has 0 aromatic carbocycles. The van der Waals surface area contributed by atoms with Gasteiger partial charge in [-0.3, -0.25) is 4.90 Å². The third-order valence-corrected chi connectivity index (χ3v) is 9.27. The Labute approximate surface area is 136 Å². The van der Waals surface area contributed by atoms with Crippen LogP contribution in [0.3, 0.4) is 0 Å². The lowest BCUT2D eigenvalue weighted by atomic mass is 9.59. The van der Waals surface area contributed by atoms with Crippen molar-refractivity contribution in [2.24, 2.45) is 46.7 Å². The average Bonchev–Trinajstić information content (AvgIpc) is 3.20. The molecule has 4 bridgehead atoms. The summed E-state index contributed by atoms with van der Waals surface area (Å²) in [7, 11) is 0. The highest BCUT2D eigenvalue weighted by Gasteiger charge is 2.74. The van der Waals surface area contributed by atoms with Crippen molar-refractivity contribution in [1.29, 1.82) is 0 Å². The molecular weight excluding hydrogens is 268 g/mol. The lowest BCUT2D eigenvalue weighted by Gasteiger charge is -2.50. The van der Waals surface area contributed by atoms with Crippen molar-refractivity contribution < 1.29 is 0 Å². The maximum absolute atomic E-state index is 6.88. The molecule has 2 saturated heterocycles. The normalized spacial score (nSPS) is 67.8. The van der Waals surface area contributed by atoms with Gasteiger partial charge in [0, 0.05) is 24.2 Å². The van der Waals surface area contributed by atoms with Crippen LogP contribution in [0.4, 0.5) is 0 Å². The summed E-state index contributed by atoms with van der Waals surface area (Å²) in [6.07, 6.45) is 7.05. The van der Waals surface area contributed by atoms with E-state index in [0.29, 0.717) is 5.41 Å². The van der Waals surface area contributed by atoms with Crippen LogP contribution in [0.5, 0.6) is 0 Å². The Morgan fingerprint density at radius 2 is 1.82 bits per heavy atom. The first-order valence-corrected chi connectivity index (χ1v) is 9.98. The van der Waals surface area contributed by atoms with Crippen molar-refractivity contribution >= 4 is 0 Å². The van der Waals surface area contributed by atoms with Crippen molar-refractivity contribution in [3.63, 3.8) is 0 Å². The summed E-state index contributed by atoms with van der Waals surface area (Å²) in [6.45, 7) is 11.2. The molecule has 11 atom stereocenters. The molecule has 5 aliphatic rings. The van der Waals surface area contributed by atoms with Gasteiger partial charge < -0.3 is 5.73 Å². The molecule has 11 unspecified atom stereocenters. The molecule has 2 aliphatic heterocycles. The Morgan fingerprint density at radius 1 is 1.05 bits per heavy atom. The third kappa shape index (κ3) is 1.38. The average molecular weight is 303 g/mol. The van der Waals surface area contributed by atoms with Crippen LogP contribution in [-0.4, -0.2) is 29.1 Å². The van der Waals surface area contributed by atoms with Crippen LogP contribution in [0, 0.1) is 40.9 Å². The molecule has 0 aromatic heterocycles. The van der Waals surface area contributed by atoms with Gasteiger partial charge in [-0.05, 0) is 67.1 Å². The Morgan fingerprint density at radius 3 is 2.50 bits per heavy atom. The van der Waals surface area contributed by atoms with Gasteiger partial charge >= 0.3 is 0 Å². The smallest absolute Gasteiger partial charge is 0.0176 e. The number of rotatable bonds is 2. The summed E-state index contributed by atoms with van der Waals surface area (Å²) in [4.78, 5) is 3.02. The molecule has 2 nitrogen and oxygen atoms in total. The number of nitrogens with two attached hydrogens (primary N) is 1. The van der Waals surface area contributed by atoms with Gasteiger partial charge in [0.2, 0.25) is 0 Å². The van der Waals surface area contributed by atoms with Gasteiger partial charge in [0.1, 0.15) is 0 Å². The summed E-state index contributed by atoms with van der Waals surface area (Å²) >= 11 is 0. The van der Waals surface area contributed by atoms with Crippen molar-refractivity contribution in [2.75, 3.05) is 6.54 Å². The van der Waals surface area contributed by atoms with E-state index in [1.165, 1.54) is 38.6 Å². The fourth-order valence-corrected chi connectivity index (χ4v) is 8.84. The number of piperidine rings is 1. The Bertz CT molecular complexity index is 500. The van der Waals surface area contributed by atoms with E-state index < -0.39 is 0 Å². The summed E-state index contributed by atoms with van der Waals surface area (Å²) in [5.41, 5.74) is 7.66. The summed E-state index contributed by atoms with van der Waals surface area (Å²) in [5, 5.41) is 0. The standard InChI is InChI=1S/C20H34N2/c1-5-12-8-19(4,21)15-14-10-22(17(12)15)18-13-9-20(6-2,16(14)18)7-11(13)3/h11-18H,5-10,21H2,1-4H3. The predicted molar refractivity (Wildman–Crippen MR) is 90.4 cm³/mol. The summed E-state index contributed by atoms with van der Waals surface area (Å²) in [5.74, 6) is 5.51. The maximum atomic E-state index is 6.88. The molecule has 124 valence electrons. The first kappa shape index (κ1) is 14.3. The highest BCUT2D eigenvalue weighted by atomic mass is 15.3. The van der Waals surface area contributed by atoms with Crippen LogP contribution >= 0.6 is 0 Å². The first-order valence-electron chi connectivity index (χ1n) is 9.98. The lowest BCUT2D eigenvalue weighted by molar-refractivity contribution is -0.00862. The summed E-state index contributed by atoms with van der Waals surface area (Å²) < 4.78 is 0. The van der Waals surface area contributed by atoms with Gasteiger partial charge in [0.05, 0.1) is 0 Å². The topological polar surface area (TPSA) is 29.3 Å². The fourth-order valence-electron chi connectivity index (χ4n) is 8.84. The van der Waals surface area contributed by atoms with Crippen LogP contribution < -0.4 is 5.73 Å². The zero-order valence-electron chi connectivity index (χ0n) is 14.9. The second-order valence-corrected chi connectivity index (χ2v) is 10.0. The quantitative estimate of drug-likeness (QED) is 0.846. The van der Waals surface area contributed by atoms with E-state index in [9.17, 15) is 0 Å². The molecule has 2 N–H and O–H groups in total. The fraction of sp³-hybridized carbons (Fsp3) is 1.00. The molecule has 3 saturated carbocycles. The van der Waals surface area contributed by atoms with Gasteiger partial charge in [-0.15, -0.1) is 0 Å². The van der Waals surface area contributed by atoms with E-state index >= 15 is 0 Å². The molecule has 22 heavy (non-hydrogen) atoms. The molecule has 3 aliphatic carbocycles. The van der Waals surface area contributed by atoms with E-state index in [0.717, 1.165) is 47.6 Å². The zero-order chi connectivity index (χ0) is 15.4. The second kappa shape index (κ2) is 4.11. The molecular formula is C20H34N2. The van der Waals surface area contributed by atoms with Crippen molar-refractivity contribution in [1.82, 2.24) is 4.90 Å². The van der Waals surface area contributed by atoms with E-state index in [-0.39, 0.29) is 5.54 Å². The van der Waals surface area contributed by atoms with E-state index in [4.69, 9.17) is 5.73 Å². The summed E-state index contributed by atoms with van der Waals surface area (Å²) in [6, 6.07) is 1.75. The Hall–Kier alpha value is -0.0800. The minimum atomic E-state index is 0.0953. The molecule has 0 aromatic rings. The SMILES string of the molecule is CCC1CC(C)(N)C2C3CN(C12)C1C2CC(CC)(CC2C)C31. The van der Waals surface area contributed by atoms with Crippen LogP contribution in [0.1, 0.15) is 59.8 Å². The second-order valence-electron chi connectivity index (χ2n) is 10.0. The highest BCUT2D eigenvalue weighted by Crippen LogP contribution is 2.72. The van der Waals surface area contributed by atoms with Gasteiger partial charge in [-0.25, -0.2) is 0 Å². The predicted octanol–water partition coefficient (Wildman–Crippen LogP) is 3.50. The van der Waals surface area contributed by atoms with Crippen LogP contribution in [0.2, 0.25) is 0 Å². The number of hydrogen-bond acceptors (Lipinski definition) is 2. The van der Waals surface area contributed by atoms with Crippen molar-refractivity contribution in [2.45, 2.75) is 77.4 Å². The van der Waals surface area contributed by atoms with Crippen LogP contribution in [0.15, 0.2) is 0 Å². The molecule has 5 rings (SSSR count). The largest absolute Gasteiger partial charge is 0.325 e. The first-order chi connectivity index (χ1) is 10.4. The number of fused-ring (bicyclic) bond motifs is 12. The van der Waals surface area contributed by atoms with Crippen molar-refractivity contribution in [3.05, 3.63) is 0 Å². The van der Waals surface area contributed by atoms with Gasteiger partial charge in [0.25, 0.3) is 0 Å². The van der Waals surface area contributed by atoms with Gasteiger partial charge in [-0.2, -0.15) is 0 Å². The number of nitrogens with zero attached hydrogens (tertiary/aromatic N) is 1.